The van der Waals surface area contributed by atoms with Crippen LogP contribution in [0.2, 0.25) is 0 Å². The van der Waals surface area contributed by atoms with Crippen LogP contribution in [-0.2, 0) is 0 Å². The predicted molar refractivity (Wildman–Crippen MR) is 76.5 cm³/mol. The van der Waals surface area contributed by atoms with Crippen molar-refractivity contribution in [2.45, 2.75) is 58.9 Å². The Morgan fingerprint density at radius 3 is 2.00 bits per heavy atom. The first-order valence-corrected chi connectivity index (χ1v) is 7.02. The maximum absolute atomic E-state index is 3.64. The Kier molecular flexibility index (Phi) is 6.28. The molecule has 0 aliphatic heterocycles. The number of hydrogen-bond acceptors (Lipinski definition) is 1. The van der Waals surface area contributed by atoms with Gasteiger partial charge >= 0.3 is 0 Å². The minimum atomic E-state index is 0.529. The summed E-state index contributed by atoms with van der Waals surface area (Å²) in [7, 11) is 0. The average molecular weight is 233 g/mol. The lowest BCUT2D eigenvalue weighted by molar-refractivity contribution is 0.494. The van der Waals surface area contributed by atoms with Gasteiger partial charge in [-0.25, -0.2) is 0 Å². The molecule has 96 valence electrons. The lowest BCUT2D eigenvalue weighted by Crippen LogP contribution is -2.21. The molecule has 0 aromatic heterocycles. The topological polar surface area (TPSA) is 12.0 Å². The van der Waals surface area contributed by atoms with Crippen molar-refractivity contribution in [3.63, 3.8) is 0 Å². The summed E-state index contributed by atoms with van der Waals surface area (Å²) in [6.07, 6.45) is 3.65. The molecule has 1 aromatic rings. The van der Waals surface area contributed by atoms with Crippen molar-refractivity contribution in [2.24, 2.45) is 0 Å². The van der Waals surface area contributed by atoms with Gasteiger partial charge in [-0.15, -0.1) is 0 Å². The first kappa shape index (κ1) is 14.2. The molecule has 0 saturated heterocycles. The predicted octanol–water partition coefficient (Wildman–Crippen LogP) is 4.65. The van der Waals surface area contributed by atoms with Crippen LogP contribution in [0.4, 0.5) is 0 Å². The van der Waals surface area contributed by atoms with Crippen molar-refractivity contribution in [1.29, 1.82) is 0 Å². The van der Waals surface area contributed by atoms with Gasteiger partial charge in [0.2, 0.25) is 0 Å². The van der Waals surface area contributed by atoms with Crippen molar-refractivity contribution in [1.82, 2.24) is 5.32 Å². The highest BCUT2D eigenvalue weighted by Crippen LogP contribution is 2.21. The summed E-state index contributed by atoms with van der Waals surface area (Å²) in [4.78, 5) is 0. The van der Waals surface area contributed by atoms with E-state index in [1.165, 1.54) is 30.4 Å². The highest BCUT2D eigenvalue weighted by Gasteiger charge is 2.09. The second kappa shape index (κ2) is 7.50. The minimum Gasteiger partial charge on any atom is -0.310 e. The highest BCUT2D eigenvalue weighted by molar-refractivity contribution is 5.26. The first-order valence-electron chi connectivity index (χ1n) is 7.02. The molecule has 1 N–H and O–H groups in total. The average Bonchev–Trinajstić information content (AvgIpc) is 2.34. The number of benzene rings is 1. The van der Waals surface area contributed by atoms with Gasteiger partial charge in [-0.2, -0.15) is 0 Å². The van der Waals surface area contributed by atoms with E-state index in [1.807, 2.05) is 0 Å². The molecule has 1 heteroatoms. The summed E-state index contributed by atoms with van der Waals surface area (Å²) in [6, 6.07) is 9.66. The number of hydrogen-bond donors (Lipinski definition) is 1. The van der Waals surface area contributed by atoms with Gasteiger partial charge in [0.15, 0.2) is 0 Å². The van der Waals surface area contributed by atoms with Crippen molar-refractivity contribution < 1.29 is 0 Å². The molecule has 1 aromatic carbocycles. The zero-order chi connectivity index (χ0) is 12.7. The van der Waals surface area contributed by atoms with Gasteiger partial charge in [0.25, 0.3) is 0 Å². The van der Waals surface area contributed by atoms with E-state index in [9.17, 15) is 0 Å². The smallest absolute Gasteiger partial charge is 0.0320 e. The van der Waals surface area contributed by atoms with E-state index in [1.54, 1.807) is 0 Å². The summed E-state index contributed by atoms with van der Waals surface area (Å²) >= 11 is 0. The van der Waals surface area contributed by atoms with Gasteiger partial charge in [0.1, 0.15) is 0 Å². The van der Waals surface area contributed by atoms with Gasteiger partial charge in [-0.05, 0) is 36.4 Å². The Labute approximate surface area is 107 Å². The van der Waals surface area contributed by atoms with E-state index in [0.29, 0.717) is 12.0 Å². The zero-order valence-corrected chi connectivity index (χ0v) is 11.8. The monoisotopic (exact) mass is 233 g/mol. The maximum atomic E-state index is 3.64. The van der Waals surface area contributed by atoms with E-state index in [4.69, 9.17) is 0 Å². The van der Waals surface area contributed by atoms with Crippen LogP contribution < -0.4 is 5.32 Å². The summed E-state index contributed by atoms with van der Waals surface area (Å²) in [5, 5.41) is 3.64. The minimum absolute atomic E-state index is 0.529. The van der Waals surface area contributed by atoms with Gasteiger partial charge in [-0.3, -0.25) is 0 Å². The van der Waals surface area contributed by atoms with E-state index in [-0.39, 0.29) is 0 Å². The fraction of sp³-hybridized carbons (Fsp3) is 0.625. The highest BCUT2D eigenvalue weighted by atomic mass is 14.9. The van der Waals surface area contributed by atoms with Crippen molar-refractivity contribution in [3.8, 4) is 0 Å². The van der Waals surface area contributed by atoms with Crippen LogP contribution in [-0.4, -0.2) is 6.54 Å². The number of rotatable bonds is 7. The second-order valence-electron chi connectivity index (χ2n) is 5.12. The fourth-order valence-electron chi connectivity index (χ4n) is 2.11. The molecule has 0 amide bonds. The van der Waals surface area contributed by atoms with Crippen LogP contribution in [0.25, 0.3) is 0 Å². The van der Waals surface area contributed by atoms with Crippen LogP contribution in [0.5, 0.6) is 0 Å². The fourth-order valence-corrected chi connectivity index (χ4v) is 2.11. The van der Waals surface area contributed by atoms with E-state index >= 15 is 0 Å². The Morgan fingerprint density at radius 1 is 0.941 bits per heavy atom. The molecule has 0 bridgehead atoms. The Hall–Kier alpha value is -0.820. The van der Waals surface area contributed by atoms with Crippen molar-refractivity contribution >= 4 is 0 Å². The zero-order valence-electron chi connectivity index (χ0n) is 11.8. The van der Waals surface area contributed by atoms with Crippen LogP contribution in [0.1, 0.15) is 70.0 Å². The SMILES string of the molecule is CCCNC(CCC)c1ccc(C(C)C)cc1. The Balaban J connectivity index is 2.72. The summed E-state index contributed by atoms with van der Waals surface area (Å²) in [6.45, 7) is 10.1. The Bertz CT molecular complexity index is 300. The molecule has 0 spiro atoms. The summed E-state index contributed by atoms with van der Waals surface area (Å²) in [5.41, 5.74) is 2.86. The van der Waals surface area contributed by atoms with Gasteiger partial charge in [0.05, 0.1) is 0 Å². The largest absolute Gasteiger partial charge is 0.310 e. The van der Waals surface area contributed by atoms with E-state index in [0.717, 1.165) is 6.54 Å². The third-order valence-corrected chi connectivity index (χ3v) is 3.22. The van der Waals surface area contributed by atoms with Crippen LogP contribution in [0, 0.1) is 0 Å². The standard InChI is InChI=1S/C16H27N/c1-5-7-16(17-12-6-2)15-10-8-14(9-11-15)13(3)4/h8-11,13,16-17H,5-7,12H2,1-4H3. The van der Waals surface area contributed by atoms with Crippen molar-refractivity contribution in [2.75, 3.05) is 6.54 Å². The summed E-state index contributed by atoms with van der Waals surface area (Å²) in [5.74, 6) is 0.622. The van der Waals surface area contributed by atoms with E-state index in [2.05, 4.69) is 57.3 Å². The molecule has 1 unspecified atom stereocenters. The van der Waals surface area contributed by atoms with Crippen LogP contribution in [0.3, 0.4) is 0 Å². The van der Waals surface area contributed by atoms with Gasteiger partial charge in [0, 0.05) is 6.04 Å². The molecule has 0 saturated carbocycles. The molecule has 1 rings (SSSR count). The summed E-state index contributed by atoms with van der Waals surface area (Å²) < 4.78 is 0. The lowest BCUT2D eigenvalue weighted by atomic mass is 9.97. The molecule has 1 nitrogen and oxygen atoms in total. The first-order chi connectivity index (χ1) is 8.19. The quantitative estimate of drug-likeness (QED) is 0.723. The molecule has 0 fully saturated rings. The molecule has 0 heterocycles. The molecule has 17 heavy (non-hydrogen) atoms. The van der Waals surface area contributed by atoms with Crippen LogP contribution >= 0.6 is 0 Å². The second-order valence-corrected chi connectivity index (χ2v) is 5.12. The molecule has 0 radical (unpaired) electrons. The third kappa shape index (κ3) is 4.51. The Morgan fingerprint density at radius 2 is 1.53 bits per heavy atom. The van der Waals surface area contributed by atoms with Gasteiger partial charge < -0.3 is 5.32 Å². The van der Waals surface area contributed by atoms with Crippen LogP contribution in [0.15, 0.2) is 24.3 Å². The normalized spacial score (nSPS) is 13.0. The molecule has 1 atom stereocenters. The maximum Gasteiger partial charge on any atom is 0.0320 e. The lowest BCUT2D eigenvalue weighted by Gasteiger charge is -2.19. The molecule has 0 aliphatic rings. The third-order valence-electron chi connectivity index (χ3n) is 3.22. The van der Waals surface area contributed by atoms with E-state index < -0.39 is 0 Å². The number of nitrogens with one attached hydrogen (secondary N) is 1. The molecular weight excluding hydrogens is 206 g/mol. The van der Waals surface area contributed by atoms with Gasteiger partial charge in [-0.1, -0.05) is 58.4 Å². The molecular formula is C16H27N. The molecule has 0 aliphatic carbocycles. The van der Waals surface area contributed by atoms with Crippen molar-refractivity contribution in [3.05, 3.63) is 35.4 Å².